The third-order valence-corrected chi connectivity index (χ3v) is 4.85. The van der Waals surface area contributed by atoms with E-state index in [0.29, 0.717) is 5.89 Å². The molecule has 7 nitrogen and oxygen atoms in total. The van der Waals surface area contributed by atoms with Crippen molar-refractivity contribution in [3.05, 3.63) is 35.7 Å². The average Bonchev–Trinajstić information content (AvgIpc) is 3.34. The molecule has 1 aliphatic heterocycles. The fraction of sp³-hybridized carbons (Fsp3) is 0.550. The first-order valence-corrected chi connectivity index (χ1v) is 9.62. The first kappa shape index (κ1) is 22.6. The normalized spacial score (nSPS) is 19.3. The van der Waals surface area contributed by atoms with Crippen LogP contribution in [0.15, 0.2) is 33.8 Å². The van der Waals surface area contributed by atoms with E-state index in [1.807, 2.05) is 19.1 Å². The first-order valence-electron chi connectivity index (χ1n) is 9.62. The maximum Gasteiger partial charge on any atom is 0.257 e. The number of aliphatic imine (C=N–C) groups is 1. The highest BCUT2D eigenvalue weighted by Crippen LogP contribution is 2.23. The molecule has 2 N–H and O–H groups in total. The number of aryl methyl sites for hydroxylation is 1. The molecule has 2 heterocycles. The molecule has 28 heavy (non-hydrogen) atoms. The van der Waals surface area contributed by atoms with Crippen molar-refractivity contribution in [3.8, 4) is 11.5 Å². The van der Waals surface area contributed by atoms with Crippen LogP contribution in [0.25, 0.3) is 11.5 Å². The van der Waals surface area contributed by atoms with Gasteiger partial charge in [0.05, 0.1) is 5.60 Å². The third kappa shape index (κ3) is 6.16. The Morgan fingerprint density at radius 3 is 2.64 bits per heavy atom. The van der Waals surface area contributed by atoms with E-state index >= 15 is 0 Å². The Balaban J connectivity index is 0.00000280. The number of nitrogens with one attached hydrogen (secondary N) is 2. The minimum atomic E-state index is -0.0835. The van der Waals surface area contributed by atoms with Crippen LogP contribution in [0.5, 0.6) is 0 Å². The van der Waals surface area contributed by atoms with Crippen LogP contribution < -0.4 is 10.6 Å². The van der Waals surface area contributed by atoms with E-state index in [-0.39, 0.29) is 29.6 Å². The summed E-state index contributed by atoms with van der Waals surface area (Å²) in [5.41, 5.74) is 2.10. The van der Waals surface area contributed by atoms with Gasteiger partial charge in [0, 0.05) is 38.7 Å². The predicted octanol–water partition coefficient (Wildman–Crippen LogP) is 3.19. The molecule has 1 atom stereocenters. The van der Waals surface area contributed by atoms with Gasteiger partial charge in [0.25, 0.3) is 5.89 Å². The molecule has 1 unspecified atom stereocenters. The second-order valence-electron chi connectivity index (χ2n) is 7.07. The van der Waals surface area contributed by atoms with E-state index in [2.05, 4.69) is 44.8 Å². The lowest BCUT2D eigenvalue weighted by Gasteiger charge is -2.24. The van der Waals surface area contributed by atoms with Gasteiger partial charge in [-0.2, -0.15) is 4.98 Å². The summed E-state index contributed by atoms with van der Waals surface area (Å²) < 4.78 is 11.1. The second-order valence-corrected chi connectivity index (χ2v) is 7.07. The van der Waals surface area contributed by atoms with Crippen molar-refractivity contribution in [3.63, 3.8) is 0 Å². The summed E-state index contributed by atoms with van der Waals surface area (Å²) in [6.45, 7) is 6.58. The van der Waals surface area contributed by atoms with Crippen molar-refractivity contribution in [1.29, 1.82) is 0 Å². The molecule has 3 rings (SSSR count). The van der Waals surface area contributed by atoms with Crippen LogP contribution >= 0.6 is 24.0 Å². The summed E-state index contributed by atoms with van der Waals surface area (Å²) in [6, 6.07) is 8.23. The Hall–Kier alpha value is -1.68. The van der Waals surface area contributed by atoms with Gasteiger partial charge in [-0.3, -0.25) is 4.99 Å². The lowest BCUT2D eigenvalue weighted by Crippen LogP contribution is -2.45. The molecule has 1 aromatic heterocycles. The second kappa shape index (κ2) is 10.8. The van der Waals surface area contributed by atoms with Crippen molar-refractivity contribution in [2.24, 2.45) is 4.99 Å². The Morgan fingerprint density at radius 1 is 1.25 bits per heavy atom. The molecule has 1 aromatic carbocycles. The summed E-state index contributed by atoms with van der Waals surface area (Å²) in [7, 11) is 1.79. The number of rotatable bonds is 7. The van der Waals surface area contributed by atoms with Gasteiger partial charge in [-0.05, 0) is 43.9 Å². The largest absolute Gasteiger partial charge is 0.373 e. The molecule has 154 valence electrons. The summed E-state index contributed by atoms with van der Waals surface area (Å²) in [5.74, 6) is 2.11. The topological polar surface area (TPSA) is 84.6 Å². The molecule has 0 spiro atoms. The summed E-state index contributed by atoms with van der Waals surface area (Å²) in [6.07, 6.45) is 3.89. The number of nitrogens with zero attached hydrogens (tertiary/aromatic N) is 3. The number of ether oxygens (including phenoxy) is 1. The van der Waals surface area contributed by atoms with E-state index in [9.17, 15) is 0 Å². The lowest BCUT2D eigenvalue weighted by molar-refractivity contribution is 0.0243. The third-order valence-electron chi connectivity index (χ3n) is 4.85. The minimum absolute atomic E-state index is 0. The van der Waals surface area contributed by atoms with Gasteiger partial charge < -0.3 is 19.9 Å². The molecule has 0 saturated carbocycles. The number of hydrogen-bond acceptors (Lipinski definition) is 5. The van der Waals surface area contributed by atoms with Gasteiger partial charge in [-0.25, -0.2) is 0 Å². The molecule has 1 aliphatic rings. The summed E-state index contributed by atoms with van der Waals surface area (Å²) >= 11 is 0. The molecule has 0 aliphatic carbocycles. The van der Waals surface area contributed by atoms with Crippen molar-refractivity contribution in [2.75, 3.05) is 26.7 Å². The van der Waals surface area contributed by atoms with Gasteiger partial charge in [0.1, 0.15) is 0 Å². The van der Waals surface area contributed by atoms with E-state index in [1.165, 1.54) is 5.56 Å². The standard InChI is InChI=1S/C20H29N5O2.HI/c1-4-17-24-18(27-25-17)16-8-6-15(7-9-16)10-12-22-19(21-3)23-14-20(2)11-5-13-26-20;/h6-9H,4-5,10-14H2,1-3H3,(H2,21,22,23);1H. The van der Waals surface area contributed by atoms with E-state index < -0.39 is 0 Å². The van der Waals surface area contributed by atoms with Crippen LogP contribution in [0.3, 0.4) is 0 Å². The number of benzene rings is 1. The smallest absolute Gasteiger partial charge is 0.257 e. The van der Waals surface area contributed by atoms with Crippen LogP contribution in [-0.2, 0) is 17.6 Å². The van der Waals surface area contributed by atoms with Crippen molar-refractivity contribution < 1.29 is 9.26 Å². The van der Waals surface area contributed by atoms with Crippen molar-refractivity contribution in [2.45, 2.75) is 45.1 Å². The van der Waals surface area contributed by atoms with E-state index in [1.54, 1.807) is 7.05 Å². The quantitative estimate of drug-likeness (QED) is 0.346. The molecule has 1 saturated heterocycles. The fourth-order valence-corrected chi connectivity index (χ4v) is 3.12. The van der Waals surface area contributed by atoms with E-state index in [4.69, 9.17) is 9.26 Å². The minimum Gasteiger partial charge on any atom is -0.373 e. The van der Waals surface area contributed by atoms with Crippen LogP contribution in [-0.4, -0.2) is 48.4 Å². The SMILES string of the molecule is CCc1noc(-c2ccc(CCNC(=NC)NCC3(C)CCCO3)cc2)n1.I. The molecule has 8 heteroatoms. The number of guanidine groups is 1. The van der Waals surface area contributed by atoms with Crippen molar-refractivity contribution in [1.82, 2.24) is 20.8 Å². The highest BCUT2D eigenvalue weighted by Gasteiger charge is 2.29. The van der Waals surface area contributed by atoms with Gasteiger partial charge in [-0.1, -0.05) is 24.2 Å². The Labute approximate surface area is 183 Å². The van der Waals surface area contributed by atoms with E-state index in [0.717, 1.165) is 62.7 Å². The van der Waals surface area contributed by atoms with Crippen LogP contribution in [0.2, 0.25) is 0 Å². The number of hydrogen-bond donors (Lipinski definition) is 2. The Morgan fingerprint density at radius 2 is 2.04 bits per heavy atom. The lowest BCUT2D eigenvalue weighted by atomic mass is 10.0. The van der Waals surface area contributed by atoms with Crippen LogP contribution in [0, 0.1) is 0 Å². The molecular weight excluding hydrogens is 469 g/mol. The predicted molar refractivity (Wildman–Crippen MR) is 121 cm³/mol. The van der Waals surface area contributed by atoms with Gasteiger partial charge >= 0.3 is 0 Å². The molecular formula is C20H30IN5O2. The molecule has 2 aromatic rings. The van der Waals surface area contributed by atoms with Crippen LogP contribution in [0.1, 0.15) is 38.1 Å². The molecule has 0 bridgehead atoms. The van der Waals surface area contributed by atoms with Gasteiger partial charge in [0.2, 0.25) is 0 Å². The highest BCUT2D eigenvalue weighted by molar-refractivity contribution is 14.0. The molecule has 0 radical (unpaired) electrons. The summed E-state index contributed by atoms with van der Waals surface area (Å²) in [5, 5.41) is 10.7. The fourth-order valence-electron chi connectivity index (χ4n) is 3.12. The molecule has 0 amide bonds. The zero-order valence-electron chi connectivity index (χ0n) is 16.8. The van der Waals surface area contributed by atoms with Gasteiger partial charge in [-0.15, -0.1) is 24.0 Å². The summed E-state index contributed by atoms with van der Waals surface area (Å²) in [4.78, 5) is 8.65. The maximum atomic E-state index is 5.80. The Bertz CT molecular complexity index is 754. The number of aromatic nitrogens is 2. The molecule has 1 fully saturated rings. The Kier molecular flexibility index (Phi) is 8.68. The zero-order chi connectivity index (χ0) is 19.1. The first-order chi connectivity index (χ1) is 13.1. The number of halogens is 1. The van der Waals surface area contributed by atoms with Gasteiger partial charge in [0.15, 0.2) is 11.8 Å². The maximum absolute atomic E-state index is 5.80. The van der Waals surface area contributed by atoms with Crippen molar-refractivity contribution >= 4 is 29.9 Å². The monoisotopic (exact) mass is 499 g/mol. The van der Waals surface area contributed by atoms with Crippen LogP contribution in [0.4, 0.5) is 0 Å². The highest BCUT2D eigenvalue weighted by atomic mass is 127. The zero-order valence-corrected chi connectivity index (χ0v) is 19.2. The average molecular weight is 499 g/mol.